The van der Waals surface area contributed by atoms with Crippen LogP contribution in [-0.2, 0) is 11.3 Å². The van der Waals surface area contributed by atoms with Crippen LogP contribution < -0.4 is 0 Å². The summed E-state index contributed by atoms with van der Waals surface area (Å²) in [4.78, 5) is 18.1. The fourth-order valence-corrected chi connectivity index (χ4v) is 1.56. The predicted octanol–water partition coefficient (Wildman–Crippen LogP) is 1.22. The Morgan fingerprint density at radius 3 is 2.87 bits per heavy atom. The van der Waals surface area contributed by atoms with Gasteiger partial charge in [-0.3, -0.25) is 4.79 Å². The molecule has 2 aromatic rings. The molecule has 0 unspecified atom stereocenters. The Bertz CT molecular complexity index is 539. The van der Waals surface area contributed by atoms with Crippen molar-refractivity contribution in [3.8, 4) is 0 Å². The molecule has 0 radical (unpaired) electrons. The van der Waals surface area contributed by atoms with Crippen LogP contribution in [0.3, 0.4) is 0 Å². The predicted molar refractivity (Wildman–Crippen MR) is 53.0 cm³/mol. The number of hydrogen-bond donors (Lipinski definition) is 1. The molecule has 1 N–H and O–H groups in total. The van der Waals surface area contributed by atoms with Crippen LogP contribution >= 0.6 is 23.2 Å². The van der Waals surface area contributed by atoms with Crippen molar-refractivity contribution >= 4 is 40.2 Å². The Morgan fingerprint density at radius 2 is 2.20 bits per heavy atom. The van der Waals surface area contributed by atoms with E-state index in [-0.39, 0.29) is 17.0 Å². The van der Waals surface area contributed by atoms with Crippen molar-refractivity contribution in [2.24, 2.45) is 0 Å². The van der Waals surface area contributed by atoms with E-state index in [1.54, 1.807) is 0 Å². The third-order valence-electron chi connectivity index (χ3n) is 1.71. The van der Waals surface area contributed by atoms with E-state index in [0.717, 1.165) is 0 Å². The number of aliphatic carboxylic acids is 1. The summed E-state index contributed by atoms with van der Waals surface area (Å²) in [7, 11) is 0. The van der Waals surface area contributed by atoms with Gasteiger partial charge in [0.2, 0.25) is 5.28 Å². The number of carboxylic acids is 1. The molecule has 0 aliphatic carbocycles. The average molecular weight is 247 g/mol. The van der Waals surface area contributed by atoms with Crippen molar-refractivity contribution in [2.45, 2.75) is 6.54 Å². The van der Waals surface area contributed by atoms with E-state index in [1.807, 2.05) is 0 Å². The van der Waals surface area contributed by atoms with E-state index in [2.05, 4.69) is 15.1 Å². The smallest absolute Gasteiger partial charge is 0.325 e. The maximum atomic E-state index is 10.5. The lowest BCUT2D eigenvalue weighted by atomic mass is 10.4. The highest BCUT2D eigenvalue weighted by atomic mass is 35.5. The number of fused-ring (bicyclic) bond motifs is 1. The Balaban J connectivity index is 2.63. The lowest BCUT2D eigenvalue weighted by Crippen LogP contribution is -2.10. The summed E-state index contributed by atoms with van der Waals surface area (Å²) in [6.07, 6.45) is 1.40. The molecule has 0 atom stereocenters. The topological polar surface area (TPSA) is 80.9 Å². The highest BCUT2D eigenvalue weighted by molar-refractivity contribution is 6.35. The van der Waals surface area contributed by atoms with E-state index in [1.165, 1.54) is 10.9 Å². The molecule has 2 aromatic heterocycles. The SMILES string of the molecule is O=C(O)Cn1ncc2c(Cl)nc(Cl)nc21. The summed E-state index contributed by atoms with van der Waals surface area (Å²) in [6.45, 7) is -0.298. The highest BCUT2D eigenvalue weighted by Gasteiger charge is 2.12. The standard InChI is InChI=1S/C7H4Cl2N4O2/c8-5-3-1-10-13(2-4(14)15)6(3)12-7(9)11-5/h1H,2H2,(H,14,15). The first-order valence-corrected chi connectivity index (χ1v) is 4.60. The fourth-order valence-electron chi connectivity index (χ4n) is 1.14. The van der Waals surface area contributed by atoms with Gasteiger partial charge >= 0.3 is 5.97 Å². The van der Waals surface area contributed by atoms with Crippen molar-refractivity contribution in [1.29, 1.82) is 0 Å². The van der Waals surface area contributed by atoms with Gasteiger partial charge in [0.1, 0.15) is 11.7 Å². The van der Waals surface area contributed by atoms with Crippen LogP contribution in [0.4, 0.5) is 0 Å². The normalized spacial score (nSPS) is 10.8. The summed E-state index contributed by atoms with van der Waals surface area (Å²) >= 11 is 11.4. The van der Waals surface area contributed by atoms with Crippen LogP contribution in [0, 0.1) is 0 Å². The van der Waals surface area contributed by atoms with Gasteiger partial charge < -0.3 is 5.11 Å². The maximum Gasteiger partial charge on any atom is 0.325 e. The van der Waals surface area contributed by atoms with Gasteiger partial charge in [-0.15, -0.1) is 0 Å². The third-order valence-corrected chi connectivity index (χ3v) is 2.16. The van der Waals surface area contributed by atoms with Gasteiger partial charge in [-0.1, -0.05) is 11.6 Å². The number of hydrogen-bond acceptors (Lipinski definition) is 4. The molecule has 0 saturated heterocycles. The molecule has 2 heterocycles. The molecule has 0 aliphatic heterocycles. The molecule has 0 saturated carbocycles. The maximum absolute atomic E-state index is 10.5. The molecule has 0 spiro atoms. The van der Waals surface area contributed by atoms with Crippen LogP contribution in [0.2, 0.25) is 10.4 Å². The molecule has 8 heteroatoms. The van der Waals surface area contributed by atoms with Crippen molar-refractivity contribution in [2.75, 3.05) is 0 Å². The van der Waals surface area contributed by atoms with E-state index in [4.69, 9.17) is 28.3 Å². The lowest BCUT2D eigenvalue weighted by molar-refractivity contribution is -0.137. The molecule has 0 aliphatic rings. The summed E-state index contributed by atoms with van der Waals surface area (Å²) in [5, 5.41) is 13.0. The number of halogens is 2. The number of carboxylic acid groups (broad SMARTS) is 1. The number of carbonyl (C=O) groups is 1. The van der Waals surface area contributed by atoms with Crippen molar-refractivity contribution in [1.82, 2.24) is 19.7 Å². The Morgan fingerprint density at radius 1 is 1.47 bits per heavy atom. The second-order valence-corrected chi connectivity index (χ2v) is 3.41. The number of nitrogens with zero attached hydrogens (tertiary/aromatic N) is 4. The van der Waals surface area contributed by atoms with Gasteiger partial charge in [0.15, 0.2) is 5.65 Å². The zero-order valence-corrected chi connectivity index (χ0v) is 8.70. The quantitative estimate of drug-likeness (QED) is 0.637. The van der Waals surface area contributed by atoms with Crippen LogP contribution in [-0.4, -0.2) is 30.8 Å². The molecule has 6 nitrogen and oxygen atoms in total. The largest absolute Gasteiger partial charge is 0.480 e. The zero-order chi connectivity index (χ0) is 11.0. The molecule has 0 aromatic carbocycles. The second-order valence-electron chi connectivity index (χ2n) is 2.72. The molecule has 0 bridgehead atoms. The van der Waals surface area contributed by atoms with Crippen LogP contribution in [0.15, 0.2) is 6.20 Å². The van der Waals surface area contributed by atoms with E-state index in [0.29, 0.717) is 11.0 Å². The van der Waals surface area contributed by atoms with Crippen LogP contribution in [0.5, 0.6) is 0 Å². The zero-order valence-electron chi connectivity index (χ0n) is 7.18. The minimum absolute atomic E-state index is 0.0420. The first-order valence-electron chi connectivity index (χ1n) is 3.84. The molecule has 0 fully saturated rings. The van der Waals surface area contributed by atoms with E-state index < -0.39 is 5.97 Å². The summed E-state index contributed by atoms with van der Waals surface area (Å²) < 4.78 is 1.19. The minimum Gasteiger partial charge on any atom is -0.480 e. The summed E-state index contributed by atoms with van der Waals surface area (Å²) in [6, 6.07) is 0. The lowest BCUT2D eigenvalue weighted by Gasteiger charge is -1.98. The fraction of sp³-hybridized carbons (Fsp3) is 0.143. The van der Waals surface area contributed by atoms with Gasteiger partial charge in [0, 0.05) is 0 Å². The summed E-state index contributed by atoms with van der Waals surface area (Å²) in [5.74, 6) is -1.02. The van der Waals surface area contributed by atoms with Crippen LogP contribution in [0.25, 0.3) is 11.0 Å². The van der Waals surface area contributed by atoms with Gasteiger partial charge in [0.25, 0.3) is 0 Å². The van der Waals surface area contributed by atoms with Crippen molar-refractivity contribution < 1.29 is 9.90 Å². The highest BCUT2D eigenvalue weighted by Crippen LogP contribution is 2.21. The number of rotatable bonds is 2. The van der Waals surface area contributed by atoms with Gasteiger partial charge in [-0.25, -0.2) is 9.67 Å². The molecule has 15 heavy (non-hydrogen) atoms. The number of aromatic nitrogens is 4. The molecule has 2 rings (SSSR count). The van der Waals surface area contributed by atoms with Crippen LogP contribution in [0.1, 0.15) is 0 Å². The van der Waals surface area contributed by atoms with Crippen molar-refractivity contribution in [3.63, 3.8) is 0 Å². The third kappa shape index (κ3) is 1.86. The first kappa shape index (κ1) is 10.1. The van der Waals surface area contributed by atoms with Crippen molar-refractivity contribution in [3.05, 3.63) is 16.6 Å². The van der Waals surface area contributed by atoms with E-state index in [9.17, 15) is 4.79 Å². The molecule has 78 valence electrons. The molecular weight excluding hydrogens is 243 g/mol. The van der Waals surface area contributed by atoms with E-state index >= 15 is 0 Å². The second kappa shape index (κ2) is 3.63. The molecule has 0 amide bonds. The first-order chi connectivity index (χ1) is 7.08. The summed E-state index contributed by atoms with van der Waals surface area (Å²) in [5.41, 5.74) is 0.308. The monoisotopic (exact) mass is 246 g/mol. The van der Waals surface area contributed by atoms with Gasteiger partial charge in [0.05, 0.1) is 11.6 Å². The minimum atomic E-state index is -1.02. The van der Waals surface area contributed by atoms with Gasteiger partial charge in [-0.05, 0) is 11.6 Å². The Labute approximate surface area is 93.5 Å². The van der Waals surface area contributed by atoms with Gasteiger partial charge in [-0.2, -0.15) is 10.1 Å². The Hall–Kier alpha value is -1.40. The molecular formula is C7H4Cl2N4O2. The average Bonchev–Trinajstić information content (AvgIpc) is 2.48. The Kier molecular flexibility index (Phi) is 2.45.